The van der Waals surface area contributed by atoms with Gasteiger partial charge in [0.05, 0.1) is 24.1 Å². The lowest BCUT2D eigenvalue weighted by molar-refractivity contribution is -0.0801. The van der Waals surface area contributed by atoms with E-state index in [9.17, 15) is 9.18 Å². The van der Waals surface area contributed by atoms with E-state index < -0.39 is 5.82 Å². The molecule has 0 atom stereocenters. The maximum atomic E-state index is 13.0. The number of pyridine rings is 3. The summed E-state index contributed by atoms with van der Waals surface area (Å²) in [7, 11) is 0. The predicted molar refractivity (Wildman–Crippen MR) is 107 cm³/mol. The van der Waals surface area contributed by atoms with Crippen molar-refractivity contribution in [2.45, 2.75) is 31.6 Å². The van der Waals surface area contributed by atoms with E-state index in [1.165, 1.54) is 23.3 Å². The minimum Gasteiger partial charge on any atom is -0.365 e. The molecule has 0 N–H and O–H groups in total. The number of ether oxygens (including phenoxy) is 1. The van der Waals surface area contributed by atoms with Gasteiger partial charge in [0.1, 0.15) is 11.5 Å². The monoisotopic (exact) mass is 404 g/mol. The maximum absolute atomic E-state index is 13.0. The quantitative estimate of drug-likeness (QED) is 0.622. The topological polar surface area (TPSA) is 68.2 Å². The number of nitrogens with zero attached hydrogens (tertiary/aromatic N) is 4. The van der Waals surface area contributed by atoms with Crippen LogP contribution in [0.3, 0.4) is 0 Å². The number of halogens is 1. The Hall–Kier alpha value is -3.03. The standard InChI is InChI=1S/C23H21FN4O2/c24-18-2-4-21(27-12-18)22(29)16-1-3-19(26-11-16)14-28-9-6-23(7-10-28)20-13-25-8-5-17(20)15-30-23/h1-5,8,11-13H,6-7,9-10,14-15H2. The molecule has 7 heteroatoms. The summed E-state index contributed by atoms with van der Waals surface area (Å²) in [6.07, 6.45) is 8.24. The molecule has 3 aromatic heterocycles. The molecule has 1 spiro atoms. The van der Waals surface area contributed by atoms with Crippen LogP contribution in [0.1, 0.15) is 45.7 Å². The molecule has 6 nitrogen and oxygen atoms in total. The number of fused-ring (bicyclic) bond motifs is 2. The molecular formula is C23H21FN4O2. The maximum Gasteiger partial charge on any atom is 0.212 e. The van der Waals surface area contributed by atoms with Crippen molar-refractivity contribution >= 4 is 5.78 Å². The Bertz CT molecular complexity index is 1060. The summed E-state index contributed by atoms with van der Waals surface area (Å²) in [5.74, 6) is -0.731. The Balaban J connectivity index is 1.21. The van der Waals surface area contributed by atoms with Gasteiger partial charge in [-0.1, -0.05) is 0 Å². The summed E-state index contributed by atoms with van der Waals surface area (Å²) in [6, 6.07) is 8.28. The van der Waals surface area contributed by atoms with Crippen LogP contribution < -0.4 is 0 Å². The van der Waals surface area contributed by atoms with Crippen LogP contribution in [0.4, 0.5) is 4.39 Å². The summed E-state index contributed by atoms with van der Waals surface area (Å²) in [5.41, 5.74) is 3.84. The number of rotatable bonds is 4. The van der Waals surface area contributed by atoms with E-state index in [0.717, 1.165) is 44.4 Å². The Morgan fingerprint density at radius 2 is 1.93 bits per heavy atom. The van der Waals surface area contributed by atoms with Gasteiger partial charge in [0.15, 0.2) is 0 Å². The van der Waals surface area contributed by atoms with E-state index in [-0.39, 0.29) is 17.1 Å². The molecule has 0 radical (unpaired) electrons. The lowest BCUT2D eigenvalue weighted by Crippen LogP contribution is -2.42. The highest BCUT2D eigenvalue weighted by Crippen LogP contribution is 2.43. The number of aromatic nitrogens is 3. The molecule has 0 unspecified atom stereocenters. The van der Waals surface area contributed by atoms with Crippen molar-refractivity contribution in [3.8, 4) is 0 Å². The fraction of sp³-hybridized carbons (Fsp3) is 0.304. The average molecular weight is 404 g/mol. The van der Waals surface area contributed by atoms with Crippen LogP contribution in [0.5, 0.6) is 0 Å². The number of ketones is 1. The first-order chi connectivity index (χ1) is 14.6. The molecule has 0 bridgehead atoms. The first-order valence-corrected chi connectivity index (χ1v) is 10.0. The van der Waals surface area contributed by atoms with Crippen molar-refractivity contribution in [2.75, 3.05) is 13.1 Å². The molecule has 0 aromatic carbocycles. The van der Waals surface area contributed by atoms with Crippen LogP contribution in [-0.4, -0.2) is 38.7 Å². The number of carbonyl (C=O) groups excluding carboxylic acids is 1. The second-order valence-corrected chi connectivity index (χ2v) is 7.82. The van der Waals surface area contributed by atoms with Crippen molar-refractivity contribution in [2.24, 2.45) is 0 Å². The zero-order chi connectivity index (χ0) is 20.6. The lowest BCUT2D eigenvalue weighted by Gasteiger charge is -2.39. The Kier molecular flexibility index (Phi) is 4.84. The van der Waals surface area contributed by atoms with E-state index >= 15 is 0 Å². The second-order valence-electron chi connectivity index (χ2n) is 7.82. The molecule has 2 aliphatic heterocycles. The summed E-state index contributed by atoms with van der Waals surface area (Å²) >= 11 is 0. The van der Waals surface area contributed by atoms with E-state index in [1.54, 1.807) is 12.3 Å². The van der Waals surface area contributed by atoms with Crippen LogP contribution in [0.15, 0.2) is 55.1 Å². The first-order valence-electron chi connectivity index (χ1n) is 10.0. The van der Waals surface area contributed by atoms with Crippen molar-refractivity contribution in [3.05, 3.63) is 89.0 Å². The minimum absolute atomic E-state index is 0.202. The van der Waals surface area contributed by atoms with Crippen LogP contribution in [0, 0.1) is 5.82 Å². The smallest absolute Gasteiger partial charge is 0.212 e. The van der Waals surface area contributed by atoms with Crippen molar-refractivity contribution in [3.63, 3.8) is 0 Å². The molecule has 3 aromatic rings. The van der Waals surface area contributed by atoms with Gasteiger partial charge in [0.2, 0.25) is 5.78 Å². The first kappa shape index (κ1) is 19.0. The fourth-order valence-corrected chi connectivity index (χ4v) is 4.28. The van der Waals surface area contributed by atoms with Gasteiger partial charge in [-0.25, -0.2) is 9.37 Å². The summed E-state index contributed by atoms with van der Waals surface area (Å²) < 4.78 is 19.2. The van der Waals surface area contributed by atoms with Gasteiger partial charge in [0.25, 0.3) is 0 Å². The van der Waals surface area contributed by atoms with Crippen LogP contribution in [-0.2, 0) is 23.5 Å². The second kappa shape index (κ2) is 7.66. The molecule has 152 valence electrons. The van der Waals surface area contributed by atoms with Crippen molar-refractivity contribution < 1.29 is 13.9 Å². The zero-order valence-corrected chi connectivity index (χ0v) is 16.4. The number of piperidine rings is 1. The highest BCUT2D eigenvalue weighted by molar-refractivity contribution is 6.07. The van der Waals surface area contributed by atoms with E-state index in [4.69, 9.17) is 4.74 Å². The van der Waals surface area contributed by atoms with Gasteiger partial charge in [-0.2, -0.15) is 0 Å². The van der Waals surface area contributed by atoms with Crippen molar-refractivity contribution in [1.82, 2.24) is 19.9 Å². The number of likely N-dealkylation sites (tertiary alicyclic amines) is 1. The van der Waals surface area contributed by atoms with Crippen LogP contribution in [0.2, 0.25) is 0 Å². The minimum atomic E-state index is -0.467. The summed E-state index contributed by atoms with van der Waals surface area (Å²) in [4.78, 5) is 27.4. The molecule has 2 aliphatic rings. The van der Waals surface area contributed by atoms with Gasteiger partial charge in [0, 0.05) is 49.4 Å². The van der Waals surface area contributed by atoms with E-state index in [1.807, 2.05) is 24.5 Å². The van der Waals surface area contributed by atoms with E-state index in [2.05, 4.69) is 19.9 Å². The van der Waals surface area contributed by atoms with Gasteiger partial charge >= 0.3 is 0 Å². The van der Waals surface area contributed by atoms with E-state index in [0.29, 0.717) is 12.2 Å². The van der Waals surface area contributed by atoms with Gasteiger partial charge < -0.3 is 4.74 Å². The molecule has 1 saturated heterocycles. The van der Waals surface area contributed by atoms with Gasteiger partial charge in [-0.3, -0.25) is 19.7 Å². The summed E-state index contributed by atoms with van der Waals surface area (Å²) in [5, 5.41) is 0. The highest BCUT2D eigenvalue weighted by Gasteiger charge is 2.42. The largest absolute Gasteiger partial charge is 0.365 e. The Labute approximate surface area is 173 Å². The lowest BCUT2D eigenvalue weighted by atomic mass is 9.85. The molecule has 0 amide bonds. The van der Waals surface area contributed by atoms with Gasteiger partial charge in [-0.05, 0) is 48.7 Å². The Morgan fingerprint density at radius 3 is 2.67 bits per heavy atom. The van der Waals surface area contributed by atoms with Crippen molar-refractivity contribution in [1.29, 1.82) is 0 Å². The zero-order valence-electron chi connectivity index (χ0n) is 16.4. The fourth-order valence-electron chi connectivity index (χ4n) is 4.28. The molecule has 5 rings (SSSR count). The third kappa shape index (κ3) is 3.51. The molecule has 30 heavy (non-hydrogen) atoms. The molecule has 0 aliphatic carbocycles. The average Bonchev–Trinajstić information content (AvgIpc) is 3.14. The number of carbonyl (C=O) groups is 1. The third-order valence-corrected chi connectivity index (χ3v) is 6.00. The number of hydrogen-bond donors (Lipinski definition) is 0. The predicted octanol–water partition coefficient (Wildman–Crippen LogP) is 3.26. The SMILES string of the molecule is O=C(c1ccc(CN2CCC3(CC2)OCc2ccncc23)nc1)c1ccc(F)cn1. The molecule has 5 heterocycles. The third-order valence-electron chi connectivity index (χ3n) is 6.00. The normalized spacial score (nSPS) is 17.8. The highest BCUT2D eigenvalue weighted by atomic mass is 19.1. The van der Waals surface area contributed by atoms with Crippen LogP contribution in [0.25, 0.3) is 0 Å². The van der Waals surface area contributed by atoms with Gasteiger partial charge in [-0.15, -0.1) is 0 Å². The number of hydrogen-bond acceptors (Lipinski definition) is 6. The molecular weight excluding hydrogens is 383 g/mol. The molecule has 0 saturated carbocycles. The molecule has 1 fully saturated rings. The van der Waals surface area contributed by atoms with Crippen LogP contribution >= 0.6 is 0 Å². The summed E-state index contributed by atoms with van der Waals surface area (Å²) in [6.45, 7) is 3.21. The Morgan fingerprint density at radius 1 is 1.07 bits per heavy atom.